The predicted octanol–water partition coefficient (Wildman–Crippen LogP) is 4.01. The minimum atomic E-state index is -0.202. The van der Waals surface area contributed by atoms with E-state index in [1.807, 2.05) is 0 Å². The molecular formula is C18H32O3. The van der Waals surface area contributed by atoms with Gasteiger partial charge in [-0.3, -0.25) is 0 Å². The zero-order valence-corrected chi connectivity index (χ0v) is 14.6. The maximum atomic E-state index is 6.39. The lowest BCUT2D eigenvalue weighted by Crippen LogP contribution is -2.62. The van der Waals surface area contributed by atoms with Gasteiger partial charge in [0.2, 0.25) is 0 Å². The smallest absolute Gasteiger partial charge is 0.182 e. The molecular weight excluding hydrogens is 264 g/mol. The highest BCUT2D eigenvalue weighted by atomic mass is 16.8. The third kappa shape index (κ3) is 1.90. The molecule has 0 radical (unpaired) electrons. The molecule has 0 aromatic carbocycles. The van der Waals surface area contributed by atoms with Crippen LogP contribution in [0.25, 0.3) is 0 Å². The number of ether oxygens (including phenoxy) is 3. The van der Waals surface area contributed by atoms with Crippen LogP contribution in [-0.2, 0) is 14.2 Å². The van der Waals surface area contributed by atoms with Crippen LogP contribution < -0.4 is 0 Å². The van der Waals surface area contributed by atoms with Crippen LogP contribution in [0.15, 0.2) is 0 Å². The summed E-state index contributed by atoms with van der Waals surface area (Å²) in [5.41, 5.74) is 0.377. The minimum absolute atomic E-state index is 0.138. The number of methoxy groups -OCH3 is 1. The van der Waals surface area contributed by atoms with Gasteiger partial charge in [0, 0.05) is 7.11 Å². The zero-order chi connectivity index (χ0) is 15.5. The molecule has 3 aliphatic rings. The molecule has 6 atom stereocenters. The lowest BCUT2D eigenvalue weighted by atomic mass is 9.48. The van der Waals surface area contributed by atoms with Crippen molar-refractivity contribution in [3.63, 3.8) is 0 Å². The first-order chi connectivity index (χ1) is 9.81. The predicted molar refractivity (Wildman–Crippen MR) is 83.0 cm³/mol. The van der Waals surface area contributed by atoms with Crippen molar-refractivity contribution in [2.45, 2.75) is 78.3 Å². The van der Waals surface area contributed by atoms with Gasteiger partial charge in [-0.2, -0.15) is 0 Å². The number of hydrogen-bond acceptors (Lipinski definition) is 3. The van der Waals surface area contributed by atoms with Crippen LogP contribution in [-0.4, -0.2) is 31.7 Å². The molecule has 2 saturated carbocycles. The van der Waals surface area contributed by atoms with Gasteiger partial charge in [0.25, 0.3) is 0 Å². The maximum absolute atomic E-state index is 6.39. The van der Waals surface area contributed by atoms with Gasteiger partial charge in [0.15, 0.2) is 6.29 Å². The van der Waals surface area contributed by atoms with Gasteiger partial charge in [0.1, 0.15) is 5.60 Å². The summed E-state index contributed by atoms with van der Waals surface area (Å²) in [6, 6.07) is 0. The monoisotopic (exact) mass is 296 g/mol. The number of fused-ring (bicyclic) bond motifs is 2. The van der Waals surface area contributed by atoms with Crippen LogP contribution in [0.1, 0.15) is 60.3 Å². The second-order valence-corrected chi connectivity index (χ2v) is 8.28. The number of rotatable bonds is 3. The van der Waals surface area contributed by atoms with E-state index in [-0.39, 0.29) is 23.4 Å². The molecule has 122 valence electrons. The molecule has 0 amide bonds. The molecule has 3 fully saturated rings. The fourth-order valence-electron chi connectivity index (χ4n) is 5.90. The topological polar surface area (TPSA) is 27.7 Å². The largest absolute Gasteiger partial charge is 0.379 e. The van der Waals surface area contributed by atoms with E-state index in [0.717, 1.165) is 18.3 Å². The standard InChI is InChI=1S/C18H32O3/c1-7-18-10-14-17(5,21-15(20-14)11-19-6)16(3,4)13(18)9-8-12(18)2/h12-15H,7-11H2,1-6H3. The molecule has 1 aliphatic heterocycles. The van der Waals surface area contributed by atoms with E-state index in [0.29, 0.717) is 12.0 Å². The Morgan fingerprint density at radius 1 is 1.19 bits per heavy atom. The zero-order valence-electron chi connectivity index (χ0n) is 14.6. The molecule has 0 aromatic rings. The lowest BCUT2D eigenvalue weighted by Gasteiger charge is -2.59. The lowest BCUT2D eigenvalue weighted by molar-refractivity contribution is -0.186. The first kappa shape index (κ1) is 15.8. The summed E-state index contributed by atoms with van der Waals surface area (Å²) >= 11 is 0. The summed E-state index contributed by atoms with van der Waals surface area (Å²) in [5, 5.41) is 0. The third-order valence-electron chi connectivity index (χ3n) is 7.55. The molecule has 1 saturated heterocycles. The van der Waals surface area contributed by atoms with Gasteiger partial charge in [-0.25, -0.2) is 0 Å². The van der Waals surface area contributed by atoms with Gasteiger partial charge >= 0.3 is 0 Å². The summed E-state index contributed by atoms with van der Waals surface area (Å²) in [6.07, 6.45) is 5.09. The Balaban J connectivity index is 1.97. The second-order valence-electron chi connectivity index (χ2n) is 8.28. The van der Waals surface area contributed by atoms with Crippen LogP contribution in [0.2, 0.25) is 0 Å². The van der Waals surface area contributed by atoms with Crippen LogP contribution in [0.3, 0.4) is 0 Å². The summed E-state index contributed by atoms with van der Waals surface area (Å²) in [5.74, 6) is 1.53. The highest BCUT2D eigenvalue weighted by molar-refractivity contribution is 5.16. The summed E-state index contributed by atoms with van der Waals surface area (Å²) in [7, 11) is 1.71. The normalized spacial score (nSPS) is 51.7. The molecule has 0 bridgehead atoms. The van der Waals surface area contributed by atoms with Crippen LogP contribution in [0, 0.1) is 22.7 Å². The Morgan fingerprint density at radius 2 is 1.90 bits per heavy atom. The minimum Gasteiger partial charge on any atom is -0.379 e. The van der Waals surface area contributed by atoms with Crippen molar-refractivity contribution >= 4 is 0 Å². The van der Waals surface area contributed by atoms with Gasteiger partial charge in [-0.05, 0) is 55.3 Å². The van der Waals surface area contributed by atoms with E-state index in [4.69, 9.17) is 14.2 Å². The molecule has 1 heterocycles. The quantitative estimate of drug-likeness (QED) is 0.787. The molecule has 0 aromatic heterocycles. The van der Waals surface area contributed by atoms with E-state index in [2.05, 4.69) is 34.6 Å². The van der Waals surface area contributed by atoms with Crippen LogP contribution in [0.4, 0.5) is 0 Å². The second kappa shape index (κ2) is 4.94. The van der Waals surface area contributed by atoms with E-state index in [9.17, 15) is 0 Å². The van der Waals surface area contributed by atoms with Crippen molar-refractivity contribution < 1.29 is 14.2 Å². The summed E-state index contributed by atoms with van der Waals surface area (Å²) in [4.78, 5) is 0. The Morgan fingerprint density at radius 3 is 2.52 bits per heavy atom. The Labute approximate surface area is 129 Å². The average Bonchev–Trinajstić information content (AvgIpc) is 2.91. The molecule has 2 aliphatic carbocycles. The van der Waals surface area contributed by atoms with Crippen molar-refractivity contribution in [2.75, 3.05) is 13.7 Å². The fraction of sp³-hybridized carbons (Fsp3) is 1.00. The summed E-state index contributed by atoms with van der Waals surface area (Å²) in [6.45, 7) is 12.4. The van der Waals surface area contributed by atoms with Crippen molar-refractivity contribution in [1.29, 1.82) is 0 Å². The van der Waals surface area contributed by atoms with Gasteiger partial charge in [-0.1, -0.05) is 27.7 Å². The molecule has 3 nitrogen and oxygen atoms in total. The third-order valence-corrected chi connectivity index (χ3v) is 7.55. The van der Waals surface area contributed by atoms with E-state index >= 15 is 0 Å². The van der Waals surface area contributed by atoms with Crippen molar-refractivity contribution in [3.05, 3.63) is 0 Å². The van der Waals surface area contributed by atoms with Gasteiger partial charge in [-0.15, -0.1) is 0 Å². The SMILES string of the molecule is CCC12CC3OC(COC)OC3(C)C(C)(C)C1CCC2C. The van der Waals surface area contributed by atoms with Gasteiger partial charge in [0.05, 0.1) is 12.7 Å². The van der Waals surface area contributed by atoms with E-state index in [1.54, 1.807) is 7.11 Å². The molecule has 3 heteroatoms. The van der Waals surface area contributed by atoms with Crippen molar-refractivity contribution in [2.24, 2.45) is 22.7 Å². The Bertz CT molecular complexity index is 407. The number of hydrogen-bond donors (Lipinski definition) is 0. The van der Waals surface area contributed by atoms with E-state index < -0.39 is 0 Å². The molecule has 0 N–H and O–H groups in total. The van der Waals surface area contributed by atoms with Crippen molar-refractivity contribution in [1.82, 2.24) is 0 Å². The summed E-state index contributed by atoms with van der Waals surface area (Å²) < 4.78 is 17.9. The van der Waals surface area contributed by atoms with Crippen molar-refractivity contribution in [3.8, 4) is 0 Å². The average molecular weight is 296 g/mol. The van der Waals surface area contributed by atoms with Crippen LogP contribution in [0.5, 0.6) is 0 Å². The van der Waals surface area contributed by atoms with E-state index in [1.165, 1.54) is 19.3 Å². The Kier molecular flexibility index (Phi) is 3.71. The van der Waals surface area contributed by atoms with Gasteiger partial charge < -0.3 is 14.2 Å². The maximum Gasteiger partial charge on any atom is 0.182 e. The molecule has 6 unspecified atom stereocenters. The van der Waals surface area contributed by atoms with Crippen LogP contribution >= 0.6 is 0 Å². The molecule has 21 heavy (non-hydrogen) atoms. The first-order valence-electron chi connectivity index (χ1n) is 8.64. The molecule has 3 rings (SSSR count). The highest BCUT2D eigenvalue weighted by Gasteiger charge is 2.68. The highest BCUT2D eigenvalue weighted by Crippen LogP contribution is 2.68. The molecule has 0 spiro atoms. The fourth-order valence-corrected chi connectivity index (χ4v) is 5.90. The Hall–Kier alpha value is -0.120. The first-order valence-corrected chi connectivity index (χ1v) is 8.64.